The van der Waals surface area contributed by atoms with Crippen LogP contribution in [0.4, 0.5) is 0 Å². The molecule has 0 spiro atoms. The molecule has 0 heterocycles. The summed E-state index contributed by atoms with van der Waals surface area (Å²) in [7, 11) is 1.65. The third-order valence-electron chi connectivity index (χ3n) is 2.44. The normalized spacial score (nSPS) is 15.1. The summed E-state index contributed by atoms with van der Waals surface area (Å²) in [6, 6.07) is 7.64. The Morgan fingerprint density at radius 3 is 2.57 bits per heavy atom. The highest BCUT2D eigenvalue weighted by Gasteiger charge is 2.27. The van der Waals surface area contributed by atoms with Crippen molar-refractivity contribution in [1.29, 1.82) is 0 Å². The maximum atomic E-state index is 6.22. The van der Waals surface area contributed by atoms with Crippen LogP contribution in [0.5, 0.6) is 0 Å². The lowest BCUT2D eigenvalue weighted by Crippen LogP contribution is -2.40. The summed E-state index contributed by atoms with van der Waals surface area (Å²) in [5.74, 6) is 0. The SMILES string of the molecule is CCC(N)(COC)c1ccccc1Cl. The van der Waals surface area contributed by atoms with Gasteiger partial charge in [-0.1, -0.05) is 36.7 Å². The fourth-order valence-electron chi connectivity index (χ4n) is 1.49. The molecule has 2 N–H and O–H groups in total. The predicted molar refractivity (Wildman–Crippen MR) is 59.5 cm³/mol. The highest BCUT2D eigenvalue weighted by molar-refractivity contribution is 6.31. The van der Waals surface area contributed by atoms with E-state index in [0.29, 0.717) is 11.6 Å². The van der Waals surface area contributed by atoms with E-state index in [1.54, 1.807) is 7.11 Å². The second-order valence-electron chi connectivity index (χ2n) is 3.42. The highest BCUT2D eigenvalue weighted by Crippen LogP contribution is 2.28. The lowest BCUT2D eigenvalue weighted by molar-refractivity contribution is 0.129. The molecule has 3 heteroatoms. The summed E-state index contributed by atoms with van der Waals surface area (Å²) in [6.45, 7) is 2.51. The molecule has 0 saturated heterocycles. The van der Waals surface area contributed by atoms with Gasteiger partial charge in [0.15, 0.2) is 0 Å². The fourth-order valence-corrected chi connectivity index (χ4v) is 1.82. The largest absolute Gasteiger partial charge is 0.382 e. The smallest absolute Gasteiger partial charge is 0.0684 e. The molecule has 1 unspecified atom stereocenters. The molecule has 2 nitrogen and oxygen atoms in total. The monoisotopic (exact) mass is 213 g/mol. The van der Waals surface area contributed by atoms with Gasteiger partial charge in [0.25, 0.3) is 0 Å². The van der Waals surface area contributed by atoms with Crippen molar-refractivity contribution in [1.82, 2.24) is 0 Å². The minimum absolute atomic E-state index is 0.479. The molecular formula is C11H16ClNO. The number of ether oxygens (including phenoxy) is 1. The zero-order chi connectivity index (χ0) is 10.6. The summed E-state index contributed by atoms with van der Waals surface area (Å²) < 4.78 is 5.12. The van der Waals surface area contributed by atoms with Crippen LogP contribution in [0.25, 0.3) is 0 Å². The second kappa shape index (κ2) is 4.78. The number of benzene rings is 1. The molecular weight excluding hydrogens is 198 g/mol. The molecule has 78 valence electrons. The summed E-state index contributed by atoms with van der Waals surface area (Å²) in [4.78, 5) is 0. The molecule has 0 bridgehead atoms. The Bertz CT molecular complexity index is 303. The van der Waals surface area contributed by atoms with Crippen LogP contribution in [0, 0.1) is 0 Å². The molecule has 1 atom stereocenters. The van der Waals surface area contributed by atoms with Gasteiger partial charge < -0.3 is 10.5 Å². The molecule has 0 saturated carbocycles. The van der Waals surface area contributed by atoms with E-state index in [1.165, 1.54) is 0 Å². The van der Waals surface area contributed by atoms with Crippen LogP contribution >= 0.6 is 11.6 Å². The molecule has 0 radical (unpaired) electrons. The highest BCUT2D eigenvalue weighted by atomic mass is 35.5. The molecule has 0 fully saturated rings. The van der Waals surface area contributed by atoms with E-state index in [0.717, 1.165) is 12.0 Å². The molecule has 0 aliphatic rings. The standard InChI is InChI=1S/C11H16ClNO/c1-3-11(13,8-14-2)9-6-4-5-7-10(9)12/h4-7H,3,8,13H2,1-2H3. The van der Waals surface area contributed by atoms with Gasteiger partial charge in [-0.15, -0.1) is 0 Å². The van der Waals surface area contributed by atoms with Crippen molar-refractivity contribution >= 4 is 11.6 Å². The number of methoxy groups -OCH3 is 1. The summed E-state index contributed by atoms with van der Waals surface area (Å²) in [6.07, 6.45) is 0.796. The van der Waals surface area contributed by atoms with Crippen molar-refractivity contribution in [2.45, 2.75) is 18.9 Å². The molecule has 0 amide bonds. The zero-order valence-corrected chi connectivity index (χ0v) is 9.34. The Kier molecular flexibility index (Phi) is 3.93. The number of nitrogens with two attached hydrogens (primary N) is 1. The minimum Gasteiger partial charge on any atom is -0.382 e. The van der Waals surface area contributed by atoms with Gasteiger partial charge in [0.1, 0.15) is 0 Å². The van der Waals surface area contributed by atoms with Crippen molar-refractivity contribution in [2.75, 3.05) is 13.7 Å². The maximum absolute atomic E-state index is 6.22. The summed E-state index contributed by atoms with van der Waals surface area (Å²) >= 11 is 6.09. The zero-order valence-electron chi connectivity index (χ0n) is 8.59. The Balaban J connectivity index is 3.05. The molecule has 1 aromatic rings. The van der Waals surface area contributed by atoms with E-state index in [4.69, 9.17) is 22.1 Å². The number of hydrogen-bond acceptors (Lipinski definition) is 2. The van der Waals surface area contributed by atoms with Crippen LogP contribution in [0.1, 0.15) is 18.9 Å². The lowest BCUT2D eigenvalue weighted by Gasteiger charge is -2.28. The molecule has 0 aliphatic carbocycles. The molecule has 0 aliphatic heterocycles. The van der Waals surface area contributed by atoms with Crippen LogP contribution in [0.3, 0.4) is 0 Å². The van der Waals surface area contributed by atoms with Crippen molar-refractivity contribution in [3.05, 3.63) is 34.9 Å². The van der Waals surface area contributed by atoms with Crippen LogP contribution in [0.15, 0.2) is 24.3 Å². The third kappa shape index (κ3) is 2.27. The van der Waals surface area contributed by atoms with E-state index in [-0.39, 0.29) is 0 Å². The number of hydrogen-bond donors (Lipinski definition) is 1. The fraction of sp³-hybridized carbons (Fsp3) is 0.455. The number of rotatable bonds is 4. The van der Waals surface area contributed by atoms with Crippen molar-refractivity contribution in [3.63, 3.8) is 0 Å². The maximum Gasteiger partial charge on any atom is 0.0684 e. The van der Waals surface area contributed by atoms with Gasteiger partial charge in [0, 0.05) is 12.1 Å². The number of halogens is 1. The Labute approximate surface area is 90.0 Å². The first-order valence-corrected chi connectivity index (χ1v) is 5.04. The van der Waals surface area contributed by atoms with E-state index < -0.39 is 5.54 Å². The topological polar surface area (TPSA) is 35.2 Å². The first-order valence-electron chi connectivity index (χ1n) is 4.67. The van der Waals surface area contributed by atoms with Crippen LogP contribution in [-0.2, 0) is 10.3 Å². The Hall–Kier alpha value is -0.570. The first kappa shape index (κ1) is 11.5. The quantitative estimate of drug-likeness (QED) is 0.835. The second-order valence-corrected chi connectivity index (χ2v) is 3.83. The summed E-state index contributed by atoms with van der Waals surface area (Å²) in [5.41, 5.74) is 6.69. The van der Waals surface area contributed by atoms with E-state index in [9.17, 15) is 0 Å². The van der Waals surface area contributed by atoms with E-state index in [1.807, 2.05) is 31.2 Å². The molecule has 1 aromatic carbocycles. The van der Waals surface area contributed by atoms with Gasteiger partial charge in [0.2, 0.25) is 0 Å². The third-order valence-corrected chi connectivity index (χ3v) is 2.77. The van der Waals surface area contributed by atoms with Crippen molar-refractivity contribution in [3.8, 4) is 0 Å². The van der Waals surface area contributed by atoms with E-state index in [2.05, 4.69) is 0 Å². The van der Waals surface area contributed by atoms with Gasteiger partial charge in [-0.05, 0) is 18.1 Å². The molecule has 14 heavy (non-hydrogen) atoms. The van der Waals surface area contributed by atoms with Crippen LogP contribution in [0.2, 0.25) is 5.02 Å². The summed E-state index contributed by atoms with van der Waals surface area (Å²) in [5, 5.41) is 0.703. The van der Waals surface area contributed by atoms with Gasteiger partial charge in [-0.2, -0.15) is 0 Å². The van der Waals surface area contributed by atoms with Gasteiger partial charge in [-0.3, -0.25) is 0 Å². The van der Waals surface area contributed by atoms with Crippen LogP contribution < -0.4 is 5.73 Å². The van der Waals surface area contributed by atoms with Crippen molar-refractivity contribution in [2.24, 2.45) is 5.73 Å². The molecule has 0 aromatic heterocycles. The Morgan fingerprint density at radius 2 is 2.07 bits per heavy atom. The predicted octanol–water partition coefficient (Wildman–Crippen LogP) is 2.55. The van der Waals surface area contributed by atoms with Gasteiger partial charge in [-0.25, -0.2) is 0 Å². The lowest BCUT2D eigenvalue weighted by atomic mass is 9.89. The van der Waals surface area contributed by atoms with E-state index >= 15 is 0 Å². The van der Waals surface area contributed by atoms with Gasteiger partial charge >= 0.3 is 0 Å². The van der Waals surface area contributed by atoms with Crippen molar-refractivity contribution < 1.29 is 4.74 Å². The Morgan fingerprint density at radius 1 is 1.43 bits per heavy atom. The first-order chi connectivity index (χ1) is 6.64. The van der Waals surface area contributed by atoms with Crippen LogP contribution in [-0.4, -0.2) is 13.7 Å². The minimum atomic E-state index is -0.479. The molecule has 1 rings (SSSR count). The van der Waals surface area contributed by atoms with Gasteiger partial charge in [0.05, 0.1) is 12.1 Å². The average molecular weight is 214 g/mol. The average Bonchev–Trinajstić information content (AvgIpc) is 2.18.